The second kappa shape index (κ2) is 10.3. The molecule has 1 aliphatic rings. The monoisotopic (exact) mass is 402 g/mol. The number of hydrogen-bond acceptors (Lipinski definition) is 4. The molecule has 162 valence electrons. The summed E-state index contributed by atoms with van der Waals surface area (Å²) in [6.07, 6.45) is 3.57. The van der Waals surface area contributed by atoms with E-state index >= 15 is 0 Å². The third-order valence-electron chi connectivity index (χ3n) is 5.76. The molecule has 1 aliphatic carbocycles. The quantitative estimate of drug-likeness (QED) is 0.533. The van der Waals surface area contributed by atoms with Gasteiger partial charge in [-0.2, -0.15) is 0 Å². The predicted molar refractivity (Wildman–Crippen MR) is 115 cm³/mol. The molecule has 4 heteroatoms. The molecule has 29 heavy (non-hydrogen) atoms. The van der Waals surface area contributed by atoms with Crippen LogP contribution in [-0.4, -0.2) is 23.6 Å². The molecular formula is C25H38O4. The molecule has 1 saturated carbocycles. The Morgan fingerprint density at radius 3 is 2.24 bits per heavy atom. The van der Waals surface area contributed by atoms with Gasteiger partial charge in [0.15, 0.2) is 0 Å². The van der Waals surface area contributed by atoms with E-state index in [4.69, 9.17) is 9.47 Å². The first-order chi connectivity index (χ1) is 13.5. The molecular weight excluding hydrogens is 364 g/mol. The van der Waals surface area contributed by atoms with Crippen LogP contribution in [-0.2, 0) is 19.1 Å². The number of ether oxygens (including phenoxy) is 2. The highest BCUT2D eigenvalue weighted by Crippen LogP contribution is 2.36. The minimum absolute atomic E-state index is 0.0239. The van der Waals surface area contributed by atoms with Gasteiger partial charge in [-0.3, -0.25) is 9.59 Å². The first-order valence-corrected chi connectivity index (χ1v) is 11.0. The molecule has 0 aliphatic heterocycles. The molecule has 1 aromatic rings. The van der Waals surface area contributed by atoms with Crippen molar-refractivity contribution in [2.45, 2.75) is 91.3 Å². The first-order valence-electron chi connectivity index (χ1n) is 11.0. The summed E-state index contributed by atoms with van der Waals surface area (Å²) >= 11 is 0. The average molecular weight is 403 g/mol. The van der Waals surface area contributed by atoms with Gasteiger partial charge in [0.05, 0.1) is 12.8 Å². The van der Waals surface area contributed by atoms with Crippen LogP contribution in [0.1, 0.15) is 85.1 Å². The number of rotatable bonds is 7. The Balaban J connectivity index is 2.07. The largest absolute Gasteiger partial charge is 0.462 e. The molecule has 0 amide bonds. The lowest BCUT2D eigenvalue weighted by Gasteiger charge is -2.37. The molecule has 0 aromatic heterocycles. The van der Waals surface area contributed by atoms with Crippen molar-refractivity contribution in [1.29, 1.82) is 0 Å². The van der Waals surface area contributed by atoms with E-state index in [0.717, 1.165) is 18.4 Å². The first kappa shape index (κ1) is 23.4. The Labute approximate surface area is 176 Å². The number of esters is 2. The molecule has 0 saturated heterocycles. The number of carbonyl (C=O) groups excluding carboxylic acids is 2. The molecule has 1 fully saturated rings. The van der Waals surface area contributed by atoms with Gasteiger partial charge < -0.3 is 9.47 Å². The molecule has 0 N–H and O–H groups in total. The molecule has 0 radical (unpaired) electrons. The van der Waals surface area contributed by atoms with E-state index in [-0.39, 0.29) is 36.8 Å². The van der Waals surface area contributed by atoms with Gasteiger partial charge in [0, 0.05) is 5.92 Å². The molecule has 0 heterocycles. The molecule has 4 atom stereocenters. The second-order valence-electron chi connectivity index (χ2n) is 9.96. The van der Waals surface area contributed by atoms with Crippen molar-refractivity contribution >= 4 is 11.9 Å². The van der Waals surface area contributed by atoms with E-state index in [1.54, 1.807) is 0 Å². The topological polar surface area (TPSA) is 52.6 Å². The van der Waals surface area contributed by atoms with Crippen LogP contribution in [0.3, 0.4) is 0 Å². The van der Waals surface area contributed by atoms with Crippen molar-refractivity contribution in [2.24, 2.45) is 17.8 Å². The van der Waals surface area contributed by atoms with E-state index in [0.29, 0.717) is 17.8 Å². The van der Waals surface area contributed by atoms with Gasteiger partial charge in [0.25, 0.3) is 0 Å². The third-order valence-corrected chi connectivity index (χ3v) is 5.76. The summed E-state index contributed by atoms with van der Waals surface area (Å²) in [5.41, 5.74) is 0.425. The summed E-state index contributed by atoms with van der Waals surface area (Å²) in [5.74, 6) is 0.743. The molecule has 0 unspecified atom stereocenters. The van der Waals surface area contributed by atoms with E-state index in [2.05, 4.69) is 20.8 Å². The predicted octanol–water partition coefficient (Wildman–Crippen LogP) is 5.90. The van der Waals surface area contributed by atoms with Crippen LogP contribution in [0.2, 0.25) is 0 Å². The lowest BCUT2D eigenvalue weighted by Crippen LogP contribution is -2.36. The summed E-state index contributed by atoms with van der Waals surface area (Å²) in [6, 6.07) is 9.72. The maximum Gasteiger partial charge on any atom is 0.306 e. The fraction of sp³-hybridized carbons (Fsp3) is 0.680. The van der Waals surface area contributed by atoms with Crippen LogP contribution in [0.15, 0.2) is 30.3 Å². The van der Waals surface area contributed by atoms with E-state index < -0.39 is 5.60 Å². The lowest BCUT2D eigenvalue weighted by atomic mass is 9.75. The fourth-order valence-corrected chi connectivity index (χ4v) is 4.29. The van der Waals surface area contributed by atoms with Crippen molar-refractivity contribution in [3.8, 4) is 0 Å². The number of hydrogen-bond donors (Lipinski definition) is 0. The van der Waals surface area contributed by atoms with Gasteiger partial charge in [0.2, 0.25) is 0 Å². The second-order valence-corrected chi connectivity index (χ2v) is 9.96. The normalized spacial score (nSPS) is 23.5. The van der Waals surface area contributed by atoms with Crippen LogP contribution in [0.5, 0.6) is 0 Å². The molecule has 1 aromatic carbocycles. The van der Waals surface area contributed by atoms with Crippen LogP contribution < -0.4 is 0 Å². The third kappa shape index (κ3) is 7.83. The molecule has 0 spiro atoms. The maximum atomic E-state index is 12.9. The summed E-state index contributed by atoms with van der Waals surface area (Å²) in [5, 5.41) is 0. The highest BCUT2D eigenvalue weighted by Gasteiger charge is 2.34. The van der Waals surface area contributed by atoms with Crippen LogP contribution >= 0.6 is 0 Å². The molecule has 2 rings (SSSR count). The Morgan fingerprint density at radius 1 is 1.03 bits per heavy atom. The zero-order valence-electron chi connectivity index (χ0n) is 18.9. The van der Waals surface area contributed by atoms with Crippen molar-refractivity contribution in [2.75, 3.05) is 0 Å². The molecule has 0 bridgehead atoms. The van der Waals surface area contributed by atoms with Crippen LogP contribution in [0, 0.1) is 17.8 Å². The van der Waals surface area contributed by atoms with Gasteiger partial charge in [0.1, 0.15) is 11.7 Å². The Bertz CT molecular complexity index is 659. The Hall–Kier alpha value is -1.84. The highest BCUT2D eigenvalue weighted by atomic mass is 16.6. The average Bonchev–Trinajstić information content (AvgIpc) is 2.60. The smallest absolute Gasteiger partial charge is 0.306 e. The van der Waals surface area contributed by atoms with Gasteiger partial charge in [-0.1, -0.05) is 57.5 Å². The minimum atomic E-state index is -0.540. The van der Waals surface area contributed by atoms with E-state index in [1.807, 2.05) is 51.1 Å². The van der Waals surface area contributed by atoms with Gasteiger partial charge in [-0.25, -0.2) is 0 Å². The zero-order chi connectivity index (χ0) is 21.6. The van der Waals surface area contributed by atoms with Gasteiger partial charge >= 0.3 is 11.9 Å². The molecule has 4 nitrogen and oxygen atoms in total. The zero-order valence-corrected chi connectivity index (χ0v) is 18.9. The summed E-state index contributed by atoms with van der Waals surface area (Å²) in [6.45, 7) is 12.2. The van der Waals surface area contributed by atoms with E-state index in [1.165, 1.54) is 6.42 Å². The summed E-state index contributed by atoms with van der Waals surface area (Å²) < 4.78 is 11.5. The minimum Gasteiger partial charge on any atom is -0.462 e. The Morgan fingerprint density at radius 2 is 1.66 bits per heavy atom. The standard InChI is InChI=1S/C25H38O4/c1-17(2)21-13-12-18(3)14-22(21)28-23(26)15-20(19-10-8-7-9-11-19)16-24(27)29-25(4,5)6/h7-11,17-18,20-22H,12-16H2,1-6H3/t18-,20+,21+,22-/m1/s1. The summed E-state index contributed by atoms with van der Waals surface area (Å²) in [4.78, 5) is 25.3. The number of carbonyl (C=O) groups is 2. The van der Waals surface area contributed by atoms with Gasteiger partial charge in [-0.05, 0) is 56.9 Å². The summed E-state index contributed by atoms with van der Waals surface area (Å²) in [7, 11) is 0. The lowest BCUT2D eigenvalue weighted by molar-refractivity contribution is -0.158. The van der Waals surface area contributed by atoms with Crippen LogP contribution in [0.25, 0.3) is 0 Å². The maximum absolute atomic E-state index is 12.9. The van der Waals surface area contributed by atoms with Crippen molar-refractivity contribution in [3.05, 3.63) is 35.9 Å². The number of benzene rings is 1. The van der Waals surface area contributed by atoms with Crippen molar-refractivity contribution < 1.29 is 19.1 Å². The van der Waals surface area contributed by atoms with Crippen molar-refractivity contribution in [1.82, 2.24) is 0 Å². The SMILES string of the molecule is CC(C)[C@@H]1CC[C@@H](C)C[C@H]1OC(=O)C[C@@H](CC(=O)OC(C)(C)C)c1ccccc1. The van der Waals surface area contributed by atoms with Crippen LogP contribution in [0.4, 0.5) is 0 Å². The highest BCUT2D eigenvalue weighted by molar-refractivity contribution is 5.75. The Kier molecular flexibility index (Phi) is 8.30. The van der Waals surface area contributed by atoms with E-state index in [9.17, 15) is 9.59 Å². The van der Waals surface area contributed by atoms with Crippen molar-refractivity contribution in [3.63, 3.8) is 0 Å². The van der Waals surface area contributed by atoms with Gasteiger partial charge in [-0.15, -0.1) is 0 Å². The fourth-order valence-electron chi connectivity index (χ4n) is 4.29.